The SMILES string of the molecule is CC1CN(c2ccc(C(=O)O)cc2)CCN1C(=O)c1cc2cccnc2[nH]1. The first kappa shape index (κ1) is 17.1. The van der Waals surface area contributed by atoms with E-state index >= 15 is 0 Å². The van der Waals surface area contributed by atoms with Gasteiger partial charge >= 0.3 is 5.97 Å². The van der Waals surface area contributed by atoms with Crippen LogP contribution < -0.4 is 4.90 Å². The fraction of sp³-hybridized carbons (Fsp3) is 0.250. The summed E-state index contributed by atoms with van der Waals surface area (Å²) in [5.41, 5.74) is 2.50. The van der Waals surface area contributed by atoms with Gasteiger partial charge in [-0.15, -0.1) is 0 Å². The smallest absolute Gasteiger partial charge is 0.335 e. The van der Waals surface area contributed by atoms with Gasteiger partial charge < -0.3 is 19.9 Å². The Kier molecular flexibility index (Phi) is 4.27. The van der Waals surface area contributed by atoms with E-state index in [2.05, 4.69) is 14.9 Å². The fourth-order valence-corrected chi connectivity index (χ4v) is 3.54. The van der Waals surface area contributed by atoms with Gasteiger partial charge in [-0.25, -0.2) is 9.78 Å². The number of anilines is 1. The van der Waals surface area contributed by atoms with Crippen molar-refractivity contribution < 1.29 is 14.7 Å². The molecule has 2 aromatic heterocycles. The van der Waals surface area contributed by atoms with Crippen LogP contribution >= 0.6 is 0 Å². The number of aromatic nitrogens is 2. The van der Waals surface area contributed by atoms with Crippen molar-refractivity contribution in [3.05, 3.63) is 59.9 Å². The number of pyridine rings is 1. The summed E-state index contributed by atoms with van der Waals surface area (Å²) in [6.07, 6.45) is 1.70. The number of hydrogen-bond acceptors (Lipinski definition) is 4. The normalized spacial score (nSPS) is 17.3. The standard InChI is InChI=1S/C20H20N4O3/c1-13-12-23(16-6-4-14(5-7-16)20(26)27)9-10-24(13)19(25)17-11-15-3-2-8-21-18(15)22-17/h2-8,11,13H,9-10,12H2,1H3,(H,21,22)(H,26,27). The summed E-state index contributed by atoms with van der Waals surface area (Å²) in [6, 6.07) is 12.5. The minimum absolute atomic E-state index is 0.0265. The second-order valence-corrected chi connectivity index (χ2v) is 6.77. The summed E-state index contributed by atoms with van der Waals surface area (Å²) >= 11 is 0. The molecule has 27 heavy (non-hydrogen) atoms. The summed E-state index contributed by atoms with van der Waals surface area (Å²) in [6.45, 7) is 4.01. The van der Waals surface area contributed by atoms with Crippen molar-refractivity contribution in [2.75, 3.05) is 24.5 Å². The van der Waals surface area contributed by atoms with Gasteiger partial charge in [0.15, 0.2) is 0 Å². The maximum absolute atomic E-state index is 12.9. The molecule has 7 heteroatoms. The van der Waals surface area contributed by atoms with Crippen molar-refractivity contribution in [2.45, 2.75) is 13.0 Å². The van der Waals surface area contributed by atoms with E-state index < -0.39 is 5.97 Å². The topological polar surface area (TPSA) is 89.5 Å². The molecule has 138 valence electrons. The number of carboxylic acid groups (broad SMARTS) is 1. The zero-order chi connectivity index (χ0) is 19.0. The fourth-order valence-electron chi connectivity index (χ4n) is 3.54. The molecule has 1 aliphatic rings. The van der Waals surface area contributed by atoms with Crippen LogP contribution in [-0.4, -0.2) is 57.5 Å². The molecule has 1 aliphatic heterocycles. The third-order valence-electron chi connectivity index (χ3n) is 4.99. The number of carbonyl (C=O) groups excluding carboxylic acids is 1. The van der Waals surface area contributed by atoms with E-state index in [0.717, 1.165) is 11.1 Å². The highest BCUT2D eigenvalue weighted by Gasteiger charge is 2.29. The Labute approximate surface area is 156 Å². The Morgan fingerprint density at radius 3 is 2.63 bits per heavy atom. The first-order chi connectivity index (χ1) is 13.0. The number of amides is 1. The summed E-state index contributed by atoms with van der Waals surface area (Å²) in [7, 11) is 0. The summed E-state index contributed by atoms with van der Waals surface area (Å²) < 4.78 is 0. The van der Waals surface area contributed by atoms with Crippen molar-refractivity contribution >= 4 is 28.6 Å². The van der Waals surface area contributed by atoms with Crippen LogP contribution in [0.4, 0.5) is 5.69 Å². The number of hydrogen-bond donors (Lipinski definition) is 2. The van der Waals surface area contributed by atoms with E-state index in [1.54, 1.807) is 18.3 Å². The van der Waals surface area contributed by atoms with Gasteiger partial charge in [0, 0.05) is 42.9 Å². The first-order valence-corrected chi connectivity index (χ1v) is 8.86. The molecule has 0 bridgehead atoms. The summed E-state index contributed by atoms with van der Waals surface area (Å²) in [5, 5.41) is 9.94. The van der Waals surface area contributed by atoms with Crippen molar-refractivity contribution in [1.29, 1.82) is 0 Å². The minimum atomic E-state index is -0.932. The third kappa shape index (κ3) is 3.23. The predicted molar refractivity (Wildman–Crippen MR) is 102 cm³/mol. The number of piperazine rings is 1. The number of carboxylic acids is 1. The molecule has 1 aromatic carbocycles. The molecule has 1 unspecified atom stereocenters. The average molecular weight is 364 g/mol. The summed E-state index contributed by atoms with van der Waals surface area (Å²) in [5.74, 6) is -0.959. The molecule has 1 saturated heterocycles. The van der Waals surface area contributed by atoms with E-state index in [1.807, 2.05) is 42.2 Å². The number of nitrogens with zero attached hydrogens (tertiary/aromatic N) is 3. The Bertz CT molecular complexity index is 963. The van der Waals surface area contributed by atoms with Crippen LogP contribution in [0.2, 0.25) is 0 Å². The number of benzene rings is 1. The lowest BCUT2D eigenvalue weighted by molar-refractivity contribution is 0.0665. The molecule has 1 amide bonds. The van der Waals surface area contributed by atoms with E-state index in [0.29, 0.717) is 31.0 Å². The number of fused-ring (bicyclic) bond motifs is 1. The molecule has 1 fully saturated rings. The van der Waals surface area contributed by atoms with Gasteiger partial charge in [-0.1, -0.05) is 0 Å². The molecular weight excluding hydrogens is 344 g/mol. The van der Waals surface area contributed by atoms with E-state index in [1.165, 1.54) is 0 Å². The molecule has 3 aromatic rings. The molecule has 0 spiro atoms. The van der Waals surface area contributed by atoms with Crippen molar-refractivity contribution in [1.82, 2.24) is 14.9 Å². The zero-order valence-electron chi connectivity index (χ0n) is 14.9. The largest absolute Gasteiger partial charge is 0.478 e. The molecule has 0 aliphatic carbocycles. The maximum atomic E-state index is 12.9. The van der Waals surface area contributed by atoms with Gasteiger partial charge in [0.2, 0.25) is 0 Å². The van der Waals surface area contributed by atoms with Crippen LogP contribution in [0.5, 0.6) is 0 Å². The Morgan fingerprint density at radius 1 is 1.19 bits per heavy atom. The molecule has 1 atom stereocenters. The quantitative estimate of drug-likeness (QED) is 0.746. The zero-order valence-corrected chi connectivity index (χ0v) is 14.9. The van der Waals surface area contributed by atoms with E-state index in [-0.39, 0.29) is 17.5 Å². The molecule has 2 N–H and O–H groups in total. The molecule has 3 heterocycles. The molecule has 0 saturated carbocycles. The monoisotopic (exact) mass is 364 g/mol. The second-order valence-electron chi connectivity index (χ2n) is 6.77. The highest BCUT2D eigenvalue weighted by atomic mass is 16.4. The van der Waals surface area contributed by atoms with E-state index in [9.17, 15) is 9.59 Å². The lowest BCUT2D eigenvalue weighted by atomic mass is 10.1. The number of aromatic amines is 1. The van der Waals surface area contributed by atoms with Gasteiger partial charge in [0.1, 0.15) is 11.3 Å². The van der Waals surface area contributed by atoms with Crippen molar-refractivity contribution in [3.8, 4) is 0 Å². The molecule has 4 rings (SSSR count). The lowest BCUT2D eigenvalue weighted by Gasteiger charge is -2.40. The Balaban J connectivity index is 1.48. The molecule has 7 nitrogen and oxygen atoms in total. The van der Waals surface area contributed by atoms with Gasteiger partial charge in [-0.05, 0) is 49.4 Å². The Morgan fingerprint density at radius 2 is 1.96 bits per heavy atom. The number of carbonyl (C=O) groups is 2. The van der Waals surface area contributed by atoms with Crippen LogP contribution in [0.25, 0.3) is 11.0 Å². The van der Waals surface area contributed by atoms with Crippen LogP contribution in [0.15, 0.2) is 48.7 Å². The first-order valence-electron chi connectivity index (χ1n) is 8.86. The molecule has 0 radical (unpaired) electrons. The van der Waals surface area contributed by atoms with Crippen molar-refractivity contribution in [2.24, 2.45) is 0 Å². The third-order valence-corrected chi connectivity index (χ3v) is 4.99. The van der Waals surface area contributed by atoms with Gasteiger partial charge in [-0.2, -0.15) is 0 Å². The number of nitrogens with one attached hydrogen (secondary N) is 1. The minimum Gasteiger partial charge on any atom is -0.478 e. The highest BCUT2D eigenvalue weighted by molar-refractivity contribution is 5.97. The number of H-pyrrole nitrogens is 1. The number of aromatic carboxylic acids is 1. The van der Waals surface area contributed by atoms with Crippen LogP contribution in [-0.2, 0) is 0 Å². The van der Waals surface area contributed by atoms with Crippen LogP contribution in [0.1, 0.15) is 27.8 Å². The number of rotatable bonds is 3. The molecular formula is C20H20N4O3. The predicted octanol–water partition coefficient (Wildman–Crippen LogP) is 2.61. The van der Waals surface area contributed by atoms with Crippen LogP contribution in [0.3, 0.4) is 0 Å². The maximum Gasteiger partial charge on any atom is 0.335 e. The average Bonchev–Trinajstić information content (AvgIpc) is 3.12. The van der Waals surface area contributed by atoms with Crippen molar-refractivity contribution in [3.63, 3.8) is 0 Å². The van der Waals surface area contributed by atoms with E-state index in [4.69, 9.17) is 5.11 Å². The highest BCUT2D eigenvalue weighted by Crippen LogP contribution is 2.22. The lowest BCUT2D eigenvalue weighted by Crippen LogP contribution is -2.54. The Hall–Kier alpha value is -3.35. The second kappa shape index (κ2) is 6.75. The van der Waals surface area contributed by atoms with Gasteiger partial charge in [0.25, 0.3) is 5.91 Å². The van der Waals surface area contributed by atoms with Gasteiger partial charge in [0.05, 0.1) is 5.56 Å². The van der Waals surface area contributed by atoms with Gasteiger partial charge in [-0.3, -0.25) is 4.79 Å². The van der Waals surface area contributed by atoms with Crippen LogP contribution in [0, 0.1) is 0 Å². The summed E-state index contributed by atoms with van der Waals surface area (Å²) in [4.78, 5) is 35.3.